The van der Waals surface area contributed by atoms with E-state index in [1.54, 1.807) is 7.85 Å². The molecule has 1 amide bonds. The molecule has 158 valence electrons. The zero-order valence-corrected chi connectivity index (χ0v) is 14.8. The molecule has 0 saturated carbocycles. The Kier molecular flexibility index (Phi) is 10.0. The summed E-state index contributed by atoms with van der Waals surface area (Å²) in [7, 11) is 1.76. The first-order valence-corrected chi connectivity index (χ1v) is 8.58. The lowest BCUT2D eigenvalue weighted by Crippen LogP contribution is -2.62. The molecule has 1 heterocycles. The summed E-state index contributed by atoms with van der Waals surface area (Å²) in [5.74, 6) is -0.912. The minimum Gasteiger partial charge on any atom is -0.394 e. The van der Waals surface area contributed by atoms with E-state index in [0.717, 1.165) is 0 Å². The summed E-state index contributed by atoms with van der Waals surface area (Å²) in [6.45, 7) is -1.44. The molecule has 13 heteroatoms. The fourth-order valence-electron chi connectivity index (χ4n) is 2.49. The number of aliphatic hydroxyl groups excluding tert-OH is 8. The van der Waals surface area contributed by atoms with Crippen molar-refractivity contribution in [3.05, 3.63) is 0 Å². The van der Waals surface area contributed by atoms with Crippen molar-refractivity contribution in [3.63, 3.8) is 0 Å². The van der Waals surface area contributed by atoms with E-state index >= 15 is 0 Å². The Bertz CT molecular complexity index is 457. The van der Waals surface area contributed by atoms with Crippen molar-refractivity contribution in [2.24, 2.45) is 0 Å². The first-order valence-electron chi connectivity index (χ1n) is 8.58. The van der Waals surface area contributed by atoms with Crippen molar-refractivity contribution < 1.29 is 55.1 Å². The molecule has 9 atom stereocenters. The monoisotopic (exact) mass is 397 g/mol. The summed E-state index contributed by atoms with van der Waals surface area (Å²) < 4.78 is 10.3. The van der Waals surface area contributed by atoms with Crippen LogP contribution in [0, 0.1) is 0 Å². The van der Waals surface area contributed by atoms with Crippen molar-refractivity contribution in [1.82, 2.24) is 5.32 Å². The molecule has 12 nitrogen and oxygen atoms in total. The van der Waals surface area contributed by atoms with Crippen LogP contribution in [0.1, 0.15) is 0 Å². The van der Waals surface area contributed by atoms with E-state index in [-0.39, 0.29) is 6.54 Å². The molecule has 27 heavy (non-hydrogen) atoms. The van der Waals surface area contributed by atoms with E-state index in [0.29, 0.717) is 6.32 Å². The third-order valence-corrected chi connectivity index (χ3v) is 4.18. The number of carbonyl (C=O) groups excluding carboxylic acids is 1. The number of hydrogen-bond donors (Lipinski definition) is 9. The molecule has 0 aromatic rings. The first-order chi connectivity index (χ1) is 12.7. The average molecular weight is 397 g/mol. The van der Waals surface area contributed by atoms with Crippen LogP contribution < -0.4 is 5.32 Å². The summed E-state index contributed by atoms with van der Waals surface area (Å²) in [5, 5.41) is 79.6. The standard InChI is InChI=1S/C14H28BNO11/c15-1-2-16-13(25)12(10(23)7(20)5(19)3-17)27-14-11(24)9(22)8(21)6(4-18)26-14/h5-12,14,17-24H,1-4,15H2,(H,16,25)/t5-,6-,7-,8-,9+,10+,11+,12+,14-/m1/s1. The Morgan fingerprint density at radius 1 is 1.07 bits per heavy atom. The van der Waals surface area contributed by atoms with Crippen LogP contribution in [-0.4, -0.2) is 129 Å². The number of ether oxygens (including phenoxy) is 2. The van der Waals surface area contributed by atoms with Gasteiger partial charge in [-0.2, -0.15) is 0 Å². The first kappa shape index (κ1) is 24.2. The number of rotatable bonds is 10. The van der Waals surface area contributed by atoms with E-state index in [1.807, 2.05) is 0 Å². The molecule has 1 aliphatic rings. The molecule has 1 saturated heterocycles. The molecular weight excluding hydrogens is 369 g/mol. The highest BCUT2D eigenvalue weighted by Gasteiger charge is 2.47. The summed E-state index contributed by atoms with van der Waals surface area (Å²) in [6.07, 6.45) is -15.4. The topological polar surface area (TPSA) is 209 Å². The van der Waals surface area contributed by atoms with Crippen molar-refractivity contribution >= 4 is 13.8 Å². The average Bonchev–Trinajstić information content (AvgIpc) is 2.67. The van der Waals surface area contributed by atoms with Gasteiger partial charge in [-0.25, -0.2) is 0 Å². The van der Waals surface area contributed by atoms with Crippen LogP contribution in [0.4, 0.5) is 0 Å². The van der Waals surface area contributed by atoms with Crippen LogP contribution in [0.25, 0.3) is 0 Å². The molecule has 0 aromatic carbocycles. The Hall–Kier alpha value is -0.865. The van der Waals surface area contributed by atoms with Crippen LogP contribution in [0.3, 0.4) is 0 Å². The van der Waals surface area contributed by atoms with Gasteiger partial charge in [-0.1, -0.05) is 6.32 Å². The minimum atomic E-state index is -2.03. The predicted molar refractivity (Wildman–Crippen MR) is 90.1 cm³/mol. The van der Waals surface area contributed by atoms with E-state index in [1.165, 1.54) is 0 Å². The van der Waals surface area contributed by atoms with Crippen LogP contribution >= 0.6 is 0 Å². The van der Waals surface area contributed by atoms with Gasteiger partial charge in [-0.15, -0.1) is 0 Å². The van der Waals surface area contributed by atoms with Crippen molar-refractivity contribution in [2.45, 2.75) is 61.4 Å². The molecule has 0 unspecified atom stereocenters. The summed E-state index contributed by atoms with van der Waals surface area (Å²) >= 11 is 0. The number of nitrogens with one attached hydrogen (secondary N) is 1. The summed E-state index contributed by atoms with van der Waals surface area (Å²) in [4.78, 5) is 12.3. The molecule has 0 radical (unpaired) electrons. The zero-order valence-electron chi connectivity index (χ0n) is 14.8. The maximum atomic E-state index is 12.3. The van der Waals surface area contributed by atoms with Gasteiger partial charge in [0.1, 0.15) is 50.6 Å². The third-order valence-electron chi connectivity index (χ3n) is 4.18. The molecule has 0 spiro atoms. The van der Waals surface area contributed by atoms with E-state index in [9.17, 15) is 40.5 Å². The van der Waals surface area contributed by atoms with Crippen LogP contribution in [-0.2, 0) is 14.3 Å². The molecule has 0 bridgehead atoms. The number of amides is 1. The number of carbonyl (C=O) groups is 1. The normalized spacial score (nSPS) is 33.1. The van der Waals surface area contributed by atoms with Gasteiger partial charge in [0, 0.05) is 6.54 Å². The largest absolute Gasteiger partial charge is 0.394 e. The van der Waals surface area contributed by atoms with Gasteiger partial charge in [0.05, 0.1) is 13.2 Å². The highest BCUT2D eigenvalue weighted by Crippen LogP contribution is 2.24. The maximum absolute atomic E-state index is 12.3. The number of hydrogen-bond acceptors (Lipinski definition) is 11. The third kappa shape index (κ3) is 6.06. The minimum absolute atomic E-state index is 0.193. The van der Waals surface area contributed by atoms with Crippen LogP contribution in [0.15, 0.2) is 0 Å². The fraction of sp³-hybridized carbons (Fsp3) is 0.929. The smallest absolute Gasteiger partial charge is 0.252 e. The zero-order chi connectivity index (χ0) is 20.7. The molecule has 9 N–H and O–H groups in total. The van der Waals surface area contributed by atoms with Gasteiger partial charge in [-0.05, 0) is 0 Å². The summed E-state index contributed by atoms with van der Waals surface area (Å²) in [5.41, 5.74) is 0. The Morgan fingerprint density at radius 2 is 1.70 bits per heavy atom. The van der Waals surface area contributed by atoms with Crippen LogP contribution in [0.5, 0.6) is 0 Å². The SMILES string of the molecule is BCCNC(=O)[C@@H](O[C@H]1O[C@H](CO)[C@@H](O)[C@H](O)[C@@H]1O)[C@@H](O)[C@H](O)[C@H](O)CO. The highest BCUT2D eigenvalue weighted by atomic mass is 16.7. The van der Waals surface area contributed by atoms with E-state index in [4.69, 9.17) is 14.6 Å². The van der Waals surface area contributed by atoms with Crippen LogP contribution in [0.2, 0.25) is 6.32 Å². The van der Waals surface area contributed by atoms with Gasteiger partial charge in [0.25, 0.3) is 5.91 Å². The lowest BCUT2D eigenvalue weighted by Gasteiger charge is -2.41. The molecular formula is C14H28BNO11. The molecule has 1 fully saturated rings. The van der Waals surface area contributed by atoms with Crippen molar-refractivity contribution in [1.29, 1.82) is 0 Å². The second-order valence-electron chi connectivity index (χ2n) is 6.28. The van der Waals surface area contributed by atoms with Gasteiger partial charge in [0.2, 0.25) is 0 Å². The molecule has 1 rings (SSSR count). The molecule has 0 aliphatic carbocycles. The van der Waals surface area contributed by atoms with Crippen molar-refractivity contribution in [2.75, 3.05) is 19.8 Å². The highest BCUT2D eigenvalue weighted by molar-refractivity contribution is 6.08. The second-order valence-corrected chi connectivity index (χ2v) is 6.28. The van der Waals surface area contributed by atoms with Gasteiger partial charge in [0.15, 0.2) is 12.4 Å². The summed E-state index contributed by atoms with van der Waals surface area (Å²) in [6, 6.07) is 0. The van der Waals surface area contributed by atoms with Gasteiger partial charge < -0.3 is 55.6 Å². The Balaban J connectivity index is 2.99. The lowest BCUT2D eigenvalue weighted by molar-refractivity contribution is -0.316. The quantitative estimate of drug-likeness (QED) is 0.158. The Labute approximate surface area is 156 Å². The molecule has 0 aromatic heterocycles. The lowest BCUT2D eigenvalue weighted by atomic mass is 9.98. The van der Waals surface area contributed by atoms with E-state index in [2.05, 4.69) is 5.32 Å². The maximum Gasteiger partial charge on any atom is 0.252 e. The molecule has 1 aliphatic heterocycles. The predicted octanol–water partition coefficient (Wildman–Crippen LogP) is -6.59. The van der Waals surface area contributed by atoms with Gasteiger partial charge >= 0.3 is 0 Å². The Morgan fingerprint density at radius 3 is 2.22 bits per heavy atom. The fourth-order valence-corrected chi connectivity index (χ4v) is 2.49. The van der Waals surface area contributed by atoms with E-state index < -0.39 is 74.2 Å². The van der Waals surface area contributed by atoms with Gasteiger partial charge in [-0.3, -0.25) is 4.79 Å². The number of aliphatic hydroxyl groups is 8. The second kappa shape index (κ2) is 11.2. The van der Waals surface area contributed by atoms with Crippen molar-refractivity contribution in [3.8, 4) is 0 Å².